The molecule has 0 saturated heterocycles. The van der Waals surface area contributed by atoms with Crippen molar-refractivity contribution in [2.75, 3.05) is 5.32 Å². The number of hydrogen-bond acceptors (Lipinski definition) is 4. The Bertz CT molecular complexity index is 729. The topological polar surface area (TPSA) is 96.6 Å². The summed E-state index contributed by atoms with van der Waals surface area (Å²) in [6.45, 7) is 1.85. The number of rotatable bonds is 5. The number of para-hydroxylation sites is 1. The second-order valence-electron chi connectivity index (χ2n) is 4.69. The van der Waals surface area contributed by atoms with Crippen molar-refractivity contribution < 1.29 is 9.72 Å². The zero-order chi connectivity index (χ0) is 16.7. The zero-order valence-electron chi connectivity index (χ0n) is 12.5. The number of hydrogen-bond donors (Lipinski definition) is 2. The molecule has 0 radical (unpaired) electrons. The molecule has 7 nitrogen and oxygen atoms in total. The van der Waals surface area contributed by atoms with Crippen molar-refractivity contribution in [2.24, 2.45) is 5.10 Å². The van der Waals surface area contributed by atoms with E-state index in [4.69, 9.17) is 0 Å². The molecule has 0 bridgehead atoms. The number of carbonyl (C=O) groups excluding carboxylic acids is 1. The van der Waals surface area contributed by atoms with Crippen molar-refractivity contribution in [3.8, 4) is 0 Å². The molecule has 0 spiro atoms. The van der Waals surface area contributed by atoms with E-state index in [0.717, 1.165) is 0 Å². The Morgan fingerprint density at radius 3 is 2.65 bits per heavy atom. The molecule has 0 heterocycles. The van der Waals surface area contributed by atoms with E-state index in [1.165, 1.54) is 12.3 Å². The predicted molar refractivity (Wildman–Crippen MR) is 88.7 cm³/mol. The molecule has 0 aromatic heterocycles. The van der Waals surface area contributed by atoms with Crippen LogP contribution in [0.2, 0.25) is 0 Å². The first-order valence-corrected chi connectivity index (χ1v) is 7.02. The number of nitrogens with zero attached hydrogens (tertiary/aromatic N) is 2. The molecule has 0 atom stereocenters. The molecule has 2 rings (SSSR count). The molecule has 0 aliphatic heterocycles. The van der Waals surface area contributed by atoms with E-state index >= 15 is 0 Å². The monoisotopic (exact) mass is 312 g/mol. The van der Waals surface area contributed by atoms with Gasteiger partial charge in [-0.2, -0.15) is 5.10 Å². The minimum absolute atomic E-state index is 0.0465. The van der Waals surface area contributed by atoms with E-state index in [1.54, 1.807) is 36.4 Å². The van der Waals surface area contributed by atoms with Crippen LogP contribution in [0.4, 0.5) is 16.2 Å². The molecule has 23 heavy (non-hydrogen) atoms. The number of amides is 2. The summed E-state index contributed by atoms with van der Waals surface area (Å²) in [6.07, 6.45) is 1.93. The lowest BCUT2D eigenvalue weighted by Gasteiger charge is -2.03. The maximum absolute atomic E-state index is 11.6. The highest BCUT2D eigenvalue weighted by molar-refractivity contribution is 5.90. The fraction of sp³-hybridized carbons (Fsp3) is 0.125. The zero-order valence-corrected chi connectivity index (χ0v) is 12.5. The summed E-state index contributed by atoms with van der Waals surface area (Å²) < 4.78 is 0. The first kappa shape index (κ1) is 16.2. The van der Waals surface area contributed by atoms with E-state index < -0.39 is 11.0 Å². The lowest BCUT2D eigenvalue weighted by Crippen LogP contribution is -2.24. The van der Waals surface area contributed by atoms with Crippen LogP contribution < -0.4 is 10.7 Å². The van der Waals surface area contributed by atoms with Gasteiger partial charge in [-0.25, -0.2) is 10.2 Å². The summed E-state index contributed by atoms with van der Waals surface area (Å²) >= 11 is 0. The van der Waals surface area contributed by atoms with Crippen LogP contribution in [0, 0.1) is 10.1 Å². The van der Waals surface area contributed by atoms with Gasteiger partial charge in [0.1, 0.15) is 0 Å². The lowest BCUT2D eigenvalue weighted by atomic mass is 10.1. The number of nitro groups is 1. The van der Waals surface area contributed by atoms with Crippen molar-refractivity contribution in [2.45, 2.75) is 13.3 Å². The van der Waals surface area contributed by atoms with Gasteiger partial charge in [-0.1, -0.05) is 37.3 Å². The van der Waals surface area contributed by atoms with Crippen LogP contribution in [0.1, 0.15) is 18.1 Å². The second-order valence-corrected chi connectivity index (χ2v) is 4.69. The Balaban J connectivity index is 1.99. The molecule has 0 aliphatic rings. The van der Waals surface area contributed by atoms with Gasteiger partial charge >= 0.3 is 6.03 Å². The molecule has 2 aromatic carbocycles. The molecular weight excluding hydrogens is 296 g/mol. The third-order valence-corrected chi connectivity index (χ3v) is 3.10. The first-order chi connectivity index (χ1) is 11.1. The molecule has 0 aliphatic carbocycles. The second kappa shape index (κ2) is 7.69. The van der Waals surface area contributed by atoms with Gasteiger partial charge in [0, 0.05) is 22.9 Å². The summed E-state index contributed by atoms with van der Waals surface area (Å²) in [6, 6.07) is 13.3. The van der Waals surface area contributed by atoms with E-state index in [-0.39, 0.29) is 5.69 Å². The Labute approximate surface area is 133 Å². The summed E-state index contributed by atoms with van der Waals surface area (Å²) in [4.78, 5) is 22.2. The average Bonchev–Trinajstić information content (AvgIpc) is 2.55. The number of benzene rings is 2. The standard InChI is InChI=1S/C16H16N4O3/c1-2-13-9-8-12(10-15(13)20(22)23)11-17-19-16(21)18-14-6-4-3-5-7-14/h3-11H,2H2,1H3,(H2,18,19,21)/b17-11-. The maximum Gasteiger partial charge on any atom is 0.339 e. The number of anilines is 1. The Kier molecular flexibility index (Phi) is 5.40. The molecule has 2 aromatic rings. The third kappa shape index (κ3) is 4.63. The summed E-state index contributed by atoms with van der Waals surface area (Å²) in [5.74, 6) is 0. The third-order valence-electron chi connectivity index (χ3n) is 3.10. The van der Waals surface area contributed by atoms with Crippen LogP contribution in [0.3, 0.4) is 0 Å². The quantitative estimate of drug-likeness (QED) is 0.503. The lowest BCUT2D eigenvalue weighted by molar-refractivity contribution is -0.385. The minimum atomic E-state index is -0.493. The largest absolute Gasteiger partial charge is 0.339 e. The number of urea groups is 1. The van der Waals surface area contributed by atoms with Crippen molar-refractivity contribution in [1.29, 1.82) is 0 Å². The fourth-order valence-corrected chi connectivity index (χ4v) is 1.98. The Morgan fingerprint density at radius 2 is 2.00 bits per heavy atom. The first-order valence-electron chi connectivity index (χ1n) is 7.02. The van der Waals surface area contributed by atoms with E-state index in [9.17, 15) is 14.9 Å². The van der Waals surface area contributed by atoms with Crippen molar-refractivity contribution >= 4 is 23.6 Å². The highest BCUT2D eigenvalue weighted by Gasteiger charge is 2.12. The number of nitro benzene ring substituents is 1. The average molecular weight is 312 g/mol. The number of carbonyl (C=O) groups is 1. The van der Waals surface area contributed by atoms with Gasteiger partial charge in [-0.15, -0.1) is 0 Å². The summed E-state index contributed by atoms with van der Waals surface area (Å²) in [5.41, 5.74) is 4.19. The van der Waals surface area contributed by atoms with Gasteiger partial charge in [0.05, 0.1) is 11.1 Å². The van der Waals surface area contributed by atoms with Crippen LogP contribution in [0.5, 0.6) is 0 Å². The molecule has 2 amide bonds. The van der Waals surface area contributed by atoms with Crippen molar-refractivity contribution in [3.63, 3.8) is 0 Å². The van der Waals surface area contributed by atoms with Gasteiger partial charge < -0.3 is 5.32 Å². The highest BCUT2D eigenvalue weighted by atomic mass is 16.6. The van der Waals surface area contributed by atoms with Gasteiger partial charge in [0.25, 0.3) is 5.69 Å². The van der Waals surface area contributed by atoms with Gasteiger partial charge in [0.15, 0.2) is 0 Å². The minimum Gasteiger partial charge on any atom is -0.307 e. The smallest absolute Gasteiger partial charge is 0.307 e. The van der Waals surface area contributed by atoms with Crippen LogP contribution in [-0.2, 0) is 6.42 Å². The Morgan fingerprint density at radius 1 is 1.26 bits per heavy atom. The number of nitrogens with one attached hydrogen (secondary N) is 2. The van der Waals surface area contributed by atoms with Crippen LogP contribution in [0.25, 0.3) is 0 Å². The van der Waals surface area contributed by atoms with Crippen LogP contribution >= 0.6 is 0 Å². The van der Waals surface area contributed by atoms with Crippen molar-refractivity contribution in [1.82, 2.24) is 5.43 Å². The summed E-state index contributed by atoms with van der Waals surface area (Å²) in [5, 5.41) is 17.4. The molecule has 2 N–H and O–H groups in total. The molecule has 0 fully saturated rings. The number of hydrazone groups is 1. The van der Waals surface area contributed by atoms with Crippen molar-refractivity contribution in [3.05, 3.63) is 69.8 Å². The van der Waals surface area contributed by atoms with E-state index in [1.807, 2.05) is 13.0 Å². The summed E-state index contributed by atoms with van der Waals surface area (Å²) in [7, 11) is 0. The Hall–Kier alpha value is -3.22. The fourth-order valence-electron chi connectivity index (χ4n) is 1.98. The molecule has 0 saturated carbocycles. The molecule has 118 valence electrons. The SMILES string of the molecule is CCc1ccc(/C=N\NC(=O)Nc2ccccc2)cc1[N+](=O)[O-]. The van der Waals surface area contributed by atoms with E-state index in [0.29, 0.717) is 23.2 Å². The molecule has 7 heteroatoms. The van der Waals surface area contributed by atoms with E-state index in [2.05, 4.69) is 15.8 Å². The maximum atomic E-state index is 11.6. The normalized spacial score (nSPS) is 10.5. The molecule has 0 unspecified atom stereocenters. The molecular formula is C16H16N4O3. The predicted octanol–water partition coefficient (Wildman–Crippen LogP) is 3.31. The highest BCUT2D eigenvalue weighted by Crippen LogP contribution is 2.20. The number of aryl methyl sites for hydroxylation is 1. The van der Waals surface area contributed by atoms with Crippen LogP contribution in [-0.4, -0.2) is 17.2 Å². The van der Waals surface area contributed by atoms with Crippen LogP contribution in [0.15, 0.2) is 53.6 Å². The van der Waals surface area contributed by atoms with Gasteiger partial charge in [-0.05, 0) is 18.6 Å². The van der Waals surface area contributed by atoms with Gasteiger partial charge in [-0.3, -0.25) is 10.1 Å². The van der Waals surface area contributed by atoms with Gasteiger partial charge in [0.2, 0.25) is 0 Å².